The molecule has 3 saturated heterocycles. The van der Waals surface area contributed by atoms with Crippen molar-refractivity contribution in [3.05, 3.63) is 82.2 Å². The maximum atomic E-state index is 13.2. The number of hydrogen-bond donors (Lipinski definition) is 0. The van der Waals surface area contributed by atoms with Crippen LogP contribution in [0.2, 0.25) is 0 Å². The summed E-state index contributed by atoms with van der Waals surface area (Å²) in [5.74, 6) is 2.02. The molecule has 10 nitrogen and oxygen atoms in total. The van der Waals surface area contributed by atoms with Gasteiger partial charge in [0, 0.05) is 42.8 Å². The average Bonchev–Trinajstić information content (AvgIpc) is 3.95. The van der Waals surface area contributed by atoms with Gasteiger partial charge in [0.25, 0.3) is 0 Å². The summed E-state index contributed by atoms with van der Waals surface area (Å²) in [4.78, 5) is 32.1. The molecule has 0 radical (unpaired) electrons. The van der Waals surface area contributed by atoms with Crippen LogP contribution < -0.4 is 0 Å². The Labute approximate surface area is 291 Å². The Morgan fingerprint density at radius 3 is 2.24 bits per heavy atom. The molecular weight excluding hydrogens is 626 g/mol. The Bertz CT molecular complexity index is 2160. The Kier molecular flexibility index (Phi) is 7.61. The van der Waals surface area contributed by atoms with Gasteiger partial charge < -0.3 is 18.6 Å². The zero-order chi connectivity index (χ0) is 34.1. The molecule has 5 aromatic rings. The highest BCUT2D eigenvalue weighted by atomic mass is 16.4. The van der Waals surface area contributed by atoms with Gasteiger partial charge >= 0.3 is 0 Å². The van der Waals surface area contributed by atoms with Crippen molar-refractivity contribution in [2.24, 2.45) is 0 Å². The summed E-state index contributed by atoms with van der Waals surface area (Å²) in [6.07, 6.45) is 3.61. The molecule has 3 fully saturated rings. The minimum Gasteiger partial charge on any atom is -0.439 e. The fourth-order valence-corrected chi connectivity index (χ4v) is 8.65. The molecule has 0 spiro atoms. The summed E-state index contributed by atoms with van der Waals surface area (Å²) in [5, 5.41) is 9.97. The first-order valence-corrected chi connectivity index (χ1v) is 17.8. The van der Waals surface area contributed by atoms with Gasteiger partial charge in [-0.3, -0.25) is 14.6 Å². The van der Waals surface area contributed by atoms with Crippen LogP contribution >= 0.6 is 0 Å². The van der Waals surface area contributed by atoms with Crippen LogP contribution in [0.25, 0.3) is 45.1 Å². The van der Waals surface area contributed by atoms with Gasteiger partial charge in [-0.2, -0.15) is 5.26 Å². The van der Waals surface area contributed by atoms with Crippen molar-refractivity contribution >= 4 is 17.0 Å². The molecule has 50 heavy (non-hydrogen) atoms. The van der Waals surface area contributed by atoms with Crippen LogP contribution in [0.4, 0.5) is 0 Å². The molecule has 4 aliphatic heterocycles. The molecule has 4 aliphatic rings. The molecular formula is C40H41N7O3. The SMILES string of the molecule is Cc1c(-c2nc3c(o2)CN(C(=O)CN2CC4CC2CN4C)C3)cccc1-c1cccc(-c2nc3cc(CN4CCCC4)cc(C#N)c3o2)c1C. The zero-order valence-corrected chi connectivity index (χ0v) is 28.9. The van der Waals surface area contributed by atoms with Crippen molar-refractivity contribution in [1.29, 1.82) is 5.26 Å². The molecule has 2 unspecified atom stereocenters. The van der Waals surface area contributed by atoms with E-state index in [1.807, 2.05) is 35.2 Å². The van der Waals surface area contributed by atoms with Gasteiger partial charge in [0.1, 0.15) is 23.0 Å². The van der Waals surface area contributed by atoms with Crippen LogP contribution in [0, 0.1) is 25.2 Å². The number of piperazine rings is 1. The number of oxazole rings is 2. The van der Waals surface area contributed by atoms with Gasteiger partial charge in [-0.05, 0) is 105 Å². The third-order valence-electron chi connectivity index (χ3n) is 11.5. The molecule has 6 heterocycles. The number of amides is 1. The van der Waals surface area contributed by atoms with E-state index in [2.05, 4.69) is 59.9 Å². The predicted molar refractivity (Wildman–Crippen MR) is 190 cm³/mol. The Morgan fingerprint density at radius 1 is 0.900 bits per heavy atom. The van der Waals surface area contributed by atoms with E-state index in [0.717, 1.165) is 89.5 Å². The van der Waals surface area contributed by atoms with E-state index < -0.39 is 0 Å². The van der Waals surface area contributed by atoms with Gasteiger partial charge in [-0.1, -0.05) is 24.3 Å². The van der Waals surface area contributed by atoms with E-state index >= 15 is 0 Å². The minimum absolute atomic E-state index is 0.147. The van der Waals surface area contributed by atoms with E-state index in [9.17, 15) is 10.1 Å². The Hall–Kier alpha value is -4.82. The highest BCUT2D eigenvalue weighted by Crippen LogP contribution is 2.39. The number of nitriles is 1. The summed E-state index contributed by atoms with van der Waals surface area (Å²) in [7, 11) is 2.18. The first-order valence-electron chi connectivity index (χ1n) is 17.8. The summed E-state index contributed by atoms with van der Waals surface area (Å²) >= 11 is 0. The van der Waals surface area contributed by atoms with E-state index in [4.69, 9.17) is 18.8 Å². The lowest BCUT2D eigenvalue weighted by atomic mass is 9.91. The van der Waals surface area contributed by atoms with E-state index in [1.54, 1.807) is 0 Å². The molecule has 2 bridgehead atoms. The molecule has 0 saturated carbocycles. The number of hydrogen-bond acceptors (Lipinski definition) is 9. The highest BCUT2D eigenvalue weighted by Gasteiger charge is 2.42. The Morgan fingerprint density at radius 2 is 1.60 bits per heavy atom. The van der Waals surface area contributed by atoms with Crippen LogP contribution in [0.5, 0.6) is 0 Å². The molecule has 0 N–H and O–H groups in total. The number of likely N-dealkylation sites (tertiary alicyclic amines) is 3. The lowest BCUT2D eigenvalue weighted by Gasteiger charge is -2.32. The van der Waals surface area contributed by atoms with Crippen LogP contribution in [0.3, 0.4) is 0 Å². The molecule has 254 valence electrons. The lowest BCUT2D eigenvalue weighted by molar-refractivity contribution is -0.133. The second-order valence-corrected chi connectivity index (χ2v) is 14.6. The van der Waals surface area contributed by atoms with Gasteiger partial charge in [0.05, 0.1) is 25.2 Å². The number of carbonyl (C=O) groups excluding carboxylic acids is 1. The van der Waals surface area contributed by atoms with Crippen LogP contribution in [0.15, 0.2) is 57.4 Å². The first kappa shape index (κ1) is 31.2. The van der Waals surface area contributed by atoms with E-state index in [0.29, 0.717) is 60.2 Å². The maximum absolute atomic E-state index is 13.2. The van der Waals surface area contributed by atoms with Crippen molar-refractivity contribution in [3.63, 3.8) is 0 Å². The summed E-state index contributed by atoms with van der Waals surface area (Å²) in [5.41, 5.74) is 9.76. The zero-order valence-electron chi connectivity index (χ0n) is 28.9. The number of nitrogens with zero attached hydrogens (tertiary/aromatic N) is 7. The number of likely N-dealkylation sites (N-methyl/N-ethyl adjacent to an activating group) is 1. The van der Waals surface area contributed by atoms with Gasteiger partial charge in [-0.25, -0.2) is 9.97 Å². The smallest absolute Gasteiger partial charge is 0.237 e. The number of rotatable bonds is 7. The standard InChI is InChI=1S/C40H41N7O3/c1-24-30(8-6-10-32(24)39-43-35-21-47(22-36(35)49-39)37(48)23-46-20-28-16-29(46)19-44(28)3)31-9-7-11-33(25(31)2)40-42-34-15-26(18-45-12-4-5-13-45)14-27(17-41)38(34)50-40/h6-11,14-15,28-29H,4-5,12-13,16,18-23H2,1-3H3. The second kappa shape index (κ2) is 12.2. The highest BCUT2D eigenvalue weighted by molar-refractivity contribution is 5.85. The topological polar surface area (TPSA) is 106 Å². The molecule has 10 heteroatoms. The molecule has 0 aliphatic carbocycles. The van der Waals surface area contributed by atoms with Crippen molar-refractivity contribution in [2.75, 3.05) is 39.8 Å². The molecule has 9 rings (SSSR count). The largest absolute Gasteiger partial charge is 0.439 e. The lowest BCUT2D eigenvalue weighted by Crippen LogP contribution is -2.48. The monoisotopic (exact) mass is 667 g/mol. The summed E-state index contributed by atoms with van der Waals surface area (Å²) in [6.45, 7) is 10.6. The van der Waals surface area contributed by atoms with Gasteiger partial charge in [-0.15, -0.1) is 0 Å². The van der Waals surface area contributed by atoms with Crippen LogP contribution in [-0.4, -0.2) is 87.3 Å². The number of fused-ring (bicyclic) bond motifs is 4. The normalized spacial score (nSPS) is 20.7. The van der Waals surface area contributed by atoms with E-state index in [1.165, 1.54) is 12.8 Å². The first-order chi connectivity index (χ1) is 24.3. The Balaban J connectivity index is 0.958. The van der Waals surface area contributed by atoms with E-state index in [-0.39, 0.29) is 5.91 Å². The third kappa shape index (κ3) is 5.32. The predicted octanol–water partition coefficient (Wildman–Crippen LogP) is 6.13. The molecule has 1 amide bonds. The second-order valence-electron chi connectivity index (χ2n) is 14.6. The quantitative estimate of drug-likeness (QED) is 0.203. The fourth-order valence-electron chi connectivity index (χ4n) is 8.65. The molecule has 2 aromatic heterocycles. The summed E-state index contributed by atoms with van der Waals surface area (Å²) < 4.78 is 12.7. The summed E-state index contributed by atoms with van der Waals surface area (Å²) in [6, 6.07) is 19.8. The minimum atomic E-state index is 0.147. The number of aromatic nitrogens is 2. The van der Waals surface area contributed by atoms with Crippen molar-refractivity contribution in [3.8, 4) is 40.1 Å². The van der Waals surface area contributed by atoms with Crippen molar-refractivity contribution in [2.45, 2.75) is 64.8 Å². The van der Waals surface area contributed by atoms with Gasteiger partial charge in [0.2, 0.25) is 17.7 Å². The molecule has 2 atom stereocenters. The third-order valence-corrected chi connectivity index (χ3v) is 11.5. The van der Waals surface area contributed by atoms with Gasteiger partial charge in [0.15, 0.2) is 5.58 Å². The average molecular weight is 668 g/mol. The maximum Gasteiger partial charge on any atom is 0.237 e. The van der Waals surface area contributed by atoms with Crippen molar-refractivity contribution < 1.29 is 13.6 Å². The van der Waals surface area contributed by atoms with Crippen LogP contribution in [-0.2, 0) is 24.4 Å². The number of benzene rings is 3. The van der Waals surface area contributed by atoms with Crippen molar-refractivity contribution in [1.82, 2.24) is 29.6 Å². The fraction of sp³-hybridized carbons (Fsp3) is 0.400. The van der Waals surface area contributed by atoms with Crippen LogP contribution in [0.1, 0.15) is 53.0 Å². The molecule has 3 aromatic carbocycles. The number of carbonyl (C=O) groups is 1.